The Hall–Kier alpha value is -1.09. The molecule has 0 amide bonds. The number of hydrogen-bond acceptors (Lipinski definition) is 2. The molecule has 2 atom stereocenters. The van der Waals surface area contributed by atoms with Crippen molar-refractivity contribution >= 4 is 5.69 Å². The first kappa shape index (κ1) is 15.0. The van der Waals surface area contributed by atoms with Gasteiger partial charge in [-0.15, -0.1) is 0 Å². The number of anilines is 1. The maximum Gasteiger partial charge on any atom is 0.126 e. The monoisotopic (exact) mass is 253 g/mol. The molecule has 0 radical (unpaired) electrons. The number of hydrogen-bond donors (Lipinski definition) is 1. The Bertz CT molecular complexity index is 404. The first-order chi connectivity index (χ1) is 8.36. The normalized spacial score (nSPS) is 14.4. The molecular formula is C15H24FNO. The minimum atomic E-state index is -0.658. The average Bonchev–Trinajstić information content (AvgIpc) is 2.31. The van der Waals surface area contributed by atoms with Crippen LogP contribution in [0.25, 0.3) is 0 Å². The van der Waals surface area contributed by atoms with Crippen molar-refractivity contribution < 1.29 is 9.50 Å². The molecule has 0 aliphatic heterocycles. The standard InChI is InChI=1S/C15H24FNO/c1-6-10(2)9-17(5)15-7-11(3)14(16)8-13(15)12(4)18/h7-8,10,12,18H,6,9H2,1-5H3/t10?,12-/m1/s1. The Morgan fingerprint density at radius 3 is 2.44 bits per heavy atom. The summed E-state index contributed by atoms with van der Waals surface area (Å²) in [7, 11) is 1.99. The van der Waals surface area contributed by atoms with E-state index in [9.17, 15) is 9.50 Å². The van der Waals surface area contributed by atoms with E-state index >= 15 is 0 Å². The predicted octanol–water partition coefficient (Wildman–Crippen LogP) is 3.67. The van der Waals surface area contributed by atoms with Crippen molar-refractivity contribution in [3.63, 3.8) is 0 Å². The average molecular weight is 253 g/mol. The molecule has 0 saturated carbocycles. The second-order valence-electron chi connectivity index (χ2n) is 5.23. The summed E-state index contributed by atoms with van der Waals surface area (Å²) in [5.74, 6) is 0.314. The van der Waals surface area contributed by atoms with Crippen molar-refractivity contribution in [3.05, 3.63) is 29.1 Å². The third kappa shape index (κ3) is 3.45. The summed E-state index contributed by atoms with van der Waals surface area (Å²) in [6.07, 6.45) is 0.448. The predicted molar refractivity (Wildman–Crippen MR) is 74.5 cm³/mol. The van der Waals surface area contributed by atoms with E-state index in [0.717, 1.165) is 18.7 Å². The summed E-state index contributed by atoms with van der Waals surface area (Å²) in [5.41, 5.74) is 2.19. The van der Waals surface area contributed by atoms with E-state index in [4.69, 9.17) is 0 Å². The van der Waals surface area contributed by atoms with Gasteiger partial charge in [0.2, 0.25) is 0 Å². The van der Waals surface area contributed by atoms with Crippen molar-refractivity contribution in [1.82, 2.24) is 0 Å². The Kier molecular flexibility index (Phi) is 5.15. The molecule has 1 rings (SSSR count). The molecule has 0 fully saturated rings. The van der Waals surface area contributed by atoms with Gasteiger partial charge in [0.05, 0.1) is 6.10 Å². The van der Waals surface area contributed by atoms with E-state index in [1.165, 1.54) is 6.07 Å². The summed E-state index contributed by atoms with van der Waals surface area (Å²) in [5, 5.41) is 9.77. The lowest BCUT2D eigenvalue weighted by Crippen LogP contribution is -2.25. The highest BCUT2D eigenvalue weighted by molar-refractivity contribution is 5.56. The summed E-state index contributed by atoms with van der Waals surface area (Å²) >= 11 is 0. The van der Waals surface area contributed by atoms with Crippen LogP contribution in [0.2, 0.25) is 0 Å². The third-order valence-corrected chi connectivity index (χ3v) is 3.45. The van der Waals surface area contributed by atoms with Gasteiger partial charge in [0, 0.05) is 24.8 Å². The smallest absolute Gasteiger partial charge is 0.126 e. The van der Waals surface area contributed by atoms with Crippen LogP contribution >= 0.6 is 0 Å². The molecule has 0 aliphatic rings. The molecule has 2 nitrogen and oxygen atoms in total. The van der Waals surface area contributed by atoms with Gasteiger partial charge < -0.3 is 10.0 Å². The van der Waals surface area contributed by atoms with Gasteiger partial charge in [-0.2, -0.15) is 0 Å². The van der Waals surface area contributed by atoms with Crippen LogP contribution in [0.4, 0.5) is 10.1 Å². The molecule has 0 aromatic heterocycles. The number of halogens is 1. The molecule has 18 heavy (non-hydrogen) atoms. The maximum atomic E-state index is 13.6. The first-order valence-electron chi connectivity index (χ1n) is 6.56. The number of aryl methyl sites for hydroxylation is 1. The fourth-order valence-electron chi connectivity index (χ4n) is 2.04. The fraction of sp³-hybridized carbons (Fsp3) is 0.600. The summed E-state index contributed by atoms with van der Waals surface area (Å²) < 4.78 is 13.6. The van der Waals surface area contributed by atoms with E-state index in [0.29, 0.717) is 17.0 Å². The highest BCUT2D eigenvalue weighted by Crippen LogP contribution is 2.29. The van der Waals surface area contributed by atoms with Gasteiger partial charge in [-0.1, -0.05) is 20.3 Å². The van der Waals surface area contributed by atoms with Crippen LogP contribution in [0.3, 0.4) is 0 Å². The Morgan fingerprint density at radius 2 is 1.94 bits per heavy atom. The van der Waals surface area contributed by atoms with Gasteiger partial charge in [-0.3, -0.25) is 0 Å². The molecule has 0 bridgehead atoms. The zero-order chi connectivity index (χ0) is 13.9. The first-order valence-corrected chi connectivity index (χ1v) is 6.56. The van der Waals surface area contributed by atoms with Crippen LogP contribution in [-0.4, -0.2) is 18.7 Å². The van der Waals surface area contributed by atoms with Gasteiger partial charge in [0.25, 0.3) is 0 Å². The molecular weight excluding hydrogens is 229 g/mol. The zero-order valence-corrected chi connectivity index (χ0v) is 12.0. The van der Waals surface area contributed by atoms with Crippen LogP contribution in [0.1, 0.15) is 44.4 Å². The molecule has 1 unspecified atom stereocenters. The summed E-state index contributed by atoms with van der Waals surface area (Å²) in [4.78, 5) is 2.10. The molecule has 0 heterocycles. The number of nitrogens with zero attached hydrogens (tertiary/aromatic N) is 1. The fourth-order valence-corrected chi connectivity index (χ4v) is 2.04. The lowest BCUT2D eigenvalue weighted by Gasteiger charge is -2.27. The van der Waals surface area contributed by atoms with Crippen LogP contribution < -0.4 is 4.90 Å². The second kappa shape index (κ2) is 6.19. The van der Waals surface area contributed by atoms with Crippen LogP contribution in [0, 0.1) is 18.7 Å². The molecule has 1 aromatic rings. The lowest BCUT2D eigenvalue weighted by atomic mass is 10.0. The number of benzene rings is 1. The number of rotatable bonds is 5. The summed E-state index contributed by atoms with van der Waals surface area (Å²) in [6, 6.07) is 3.27. The SMILES string of the molecule is CCC(C)CN(C)c1cc(C)c(F)cc1[C@@H](C)O. The van der Waals surface area contributed by atoms with Crippen molar-refractivity contribution in [2.75, 3.05) is 18.5 Å². The Labute approximate surface area is 109 Å². The second-order valence-corrected chi connectivity index (χ2v) is 5.23. The number of aliphatic hydroxyl groups excluding tert-OH is 1. The minimum absolute atomic E-state index is 0.258. The van der Waals surface area contributed by atoms with E-state index in [2.05, 4.69) is 18.7 Å². The highest BCUT2D eigenvalue weighted by atomic mass is 19.1. The van der Waals surface area contributed by atoms with Crippen LogP contribution in [0.5, 0.6) is 0 Å². The minimum Gasteiger partial charge on any atom is -0.389 e. The molecule has 0 saturated heterocycles. The van der Waals surface area contributed by atoms with Crippen molar-refractivity contribution in [2.24, 2.45) is 5.92 Å². The van der Waals surface area contributed by atoms with E-state index in [-0.39, 0.29) is 5.82 Å². The van der Waals surface area contributed by atoms with E-state index in [1.54, 1.807) is 13.8 Å². The lowest BCUT2D eigenvalue weighted by molar-refractivity contribution is 0.199. The van der Waals surface area contributed by atoms with E-state index < -0.39 is 6.10 Å². The van der Waals surface area contributed by atoms with E-state index in [1.807, 2.05) is 13.1 Å². The largest absolute Gasteiger partial charge is 0.389 e. The molecule has 102 valence electrons. The quantitative estimate of drug-likeness (QED) is 0.865. The molecule has 3 heteroatoms. The van der Waals surface area contributed by atoms with Crippen molar-refractivity contribution in [1.29, 1.82) is 0 Å². The molecule has 1 N–H and O–H groups in total. The molecule has 0 aliphatic carbocycles. The zero-order valence-electron chi connectivity index (χ0n) is 12.0. The van der Waals surface area contributed by atoms with Crippen LogP contribution in [0.15, 0.2) is 12.1 Å². The number of aliphatic hydroxyl groups is 1. The Balaban J connectivity index is 3.09. The summed E-state index contributed by atoms with van der Waals surface area (Å²) in [6.45, 7) is 8.67. The van der Waals surface area contributed by atoms with Gasteiger partial charge in [0.15, 0.2) is 0 Å². The van der Waals surface area contributed by atoms with Crippen LogP contribution in [-0.2, 0) is 0 Å². The highest BCUT2D eigenvalue weighted by Gasteiger charge is 2.15. The van der Waals surface area contributed by atoms with Gasteiger partial charge in [0.1, 0.15) is 5.82 Å². The topological polar surface area (TPSA) is 23.5 Å². The molecule has 0 spiro atoms. The Morgan fingerprint density at radius 1 is 1.33 bits per heavy atom. The third-order valence-electron chi connectivity index (χ3n) is 3.45. The van der Waals surface area contributed by atoms with Gasteiger partial charge >= 0.3 is 0 Å². The van der Waals surface area contributed by atoms with Gasteiger partial charge in [-0.25, -0.2) is 4.39 Å². The molecule has 1 aromatic carbocycles. The van der Waals surface area contributed by atoms with Gasteiger partial charge in [-0.05, 0) is 37.5 Å². The maximum absolute atomic E-state index is 13.6. The van der Waals surface area contributed by atoms with Crippen molar-refractivity contribution in [2.45, 2.75) is 40.2 Å². The van der Waals surface area contributed by atoms with Crippen molar-refractivity contribution in [3.8, 4) is 0 Å².